The number of hydrogen-bond acceptors (Lipinski definition) is 4. The van der Waals surface area contributed by atoms with E-state index in [1.807, 2.05) is 48.5 Å². The molecule has 0 amide bonds. The highest BCUT2D eigenvalue weighted by atomic mass is 127. The molecule has 6 nitrogen and oxygen atoms in total. The maximum Gasteiger partial charge on any atom is 0.192 e. The fraction of sp³-hybridized carbons (Fsp3) is 0.526. The van der Waals surface area contributed by atoms with Crippen molar-refractivity contribution >= 4 is 41.7 Å². The Kier molecular flexibility index (Phi) is 8.88. The van der Waals surface area contributed by atoms with Crippen LogP contribution >= 0.6 is 35.7 Å². The lowest BCUT2D eigenvalue weighted by Gasteiger charge is -2.18. The van der Waals surface area contributed by atoms with Crippen molar-refractivity contribution in [3.63, 3.8) is 0 Å². The number of nitrogens with zero attached hydrogens (tertiary/aromatic N) is 4. The van der Waals surface area contributed by atoms with E-state index in [4.69, 9.17) is 4.99 Å². The maximum atomic E-state index is 4.79. The summed E-state index contributed by atoms with van der Waals surface area (Å²) in [5, 5.41) is 16.1. The van der Waals surface area contributed by atoms with Gasteiger partial charge < -0.3 is 15.2 Å². The van der Waals surface area contributed by atoms with Crippen molar-refractivity contribution in [1.82, 2.24) is 25.4 Å². The van der Waals surface area contributed by atoms with Gasteiger partial charge in [0.05, 0.1) is 13.1 Å². The molecule has 0 spiro atoms. The lowest BCUT2D eigenvalue weighted by Crippen LogP contribution is -2.42. The van der Waals surface area contributed by atoms with Gasteiger partial charge in [0, 0.05) is 18.3 Å². The molecule has 0 radical (unpaired) electrons. The summed E-state index contributed by atoms with van der Waals surface area (Å²) < 4.78 is 2.00. The van der Waals surface area contributed by atoms with Gasteiger partial charge in [0.15, 0.2) is 11.8 Å². The summed E-state index contributed by atoms with van der Waals surface area (Å²) >= 11 is 1.97. The van der Waals surface area contributed by atoms with Gasteiger partial charge in [-0.25, -0.2) is 4.99 Å². The summed E-state index contributed by atoms with van der Waals surface area (Å²) in [5.74, 6) is 2.67. The van der Waals surface area contributed by atoms with E-state index in [2.05, 4.69) is 39.2 Å². The average Bonchev–Trinajstić information content (AvgIpc) is 3.25. The maximum absolute atomic E-state index is 4.79. The Morgan fingerprint density at radius 3 is 2.67 bits per heavy atom. The summed E-state index contributed by atoms with van der Waals surface area (Å²) in [6.45, 7) is 3.23. The monoisotopic (exact) mass is 500 g/mol. The molecule has 1 heterocycles. The van der Waals surface area contributed by atoms with Crippen molar-refractivity contribution in [1.29, 1.82) is 0 Å². The molecule has 2 aromatic rings. The second-order valence-electron chi connectivity index (χ2n) is 6.74. The summed E-state index contributed by atoms with van der Waals surface area (Å²) in [7, 11) is 1.99. The zero-order chi connectivity index (χ0) is 18.4. The number of guanidine groups is 1. The molecule has 1 fully saturated rings. The zero-order valence-electron chi connectivity index (χ0n) is 16.2. The van der Waals surface area contributed by atoms with E-state index in [1.165, 1.54) is 24.8 Å². The fourth-order valence-electron chi connectivity index (χ4n) is 3.15. The van der Waals surface area contributed by atoms with Gasteiger partial charge in [-0.3, -0.25) is 0 Å². The van der Waals surface area contributed by atoms with Gasteiger partial charge in [0.1, 0.15) is 5.82 Å². The predicted octanol–water partition coefficient (Wildman–Crippen LogP) is 3.26. The number of halogens is 1. The van der Waals surface area contributed by atoms with Crippen LogP contribution in [0.3, 0.4) is 0 Å². The third kappa shape index (κ3) is 6.38. The fourth-order valence-corrected chi connectivity index (χ4v) is 3.95. The van der Waals surface area contributed by atoms with Crippen molar-refractivity contribution < 1.29 is 0 Å². The van der Waals surface area contributed by atoms with E-state index >= 15 is 0 Å². The number of thioether (sulfide) groups is 1. The van der Waals surface area contributed by atoms with E-state index in [-0.39, 0.29) is 24.0 Å². The quantitative estimate of drug-likeness (QED) is 0.362. The molecule has 2 atom stereocenters. The topological polar surface area (TPSA) is 67.1 Å². The predicted molar refractivity (Wildman–Crippen MR) is 124 cm³/mol. The van der Waals surface area contributed by atoms with Crippen molar-refractivity contribution in [2.75, 3.05) is 6.26 Å². The van der Waals surface area contributed by atoms with Crippen LogP contribution in [0.2, 0.25) is 0 Å². The van der Waals surface area contributed by atoms with E-state index < -0.39 is 0 Å². The number of aliphatic imine (C=N–C) groups is 1. The summed E-state index contributed by atoms with van der Waals surface area (Å²) in [6.07, 6.45) is 5.86. The van der Waals surface area contributed by atoms with Crippen LogP contribution in [-0.4, -0.2) is 38.3 Å². The molecule has 8 heteroatoms. The molecule has 1 aliphatic carbocycles. The van der Waals surface area contributed by atoms with Crippen LogP contribution in [0.5, 0.6) is 0 Å². The number of nitrogens with one attached hydrogen (secondary N) is 2. The third-order valence-electron chi connectivity index (χ3n) is 4.92. The first-order valence-electron chi connectivity index (χ1n) is 9.12. The molecular formula is C19H29IN6S. The number of hydrogen-bond donors (Lipinski definition) is 2. The van der Waals surface area contributed by atoms with Gasteiger partial charge in [-0.05, 0) is 38.0 Å². The Morgan fingerprint density at radius 1 is 1.26 bits per heavy atom. The van der Waals surface area contributed by atoms with E-state index in [1.54, 1.807) is 0 Å². The summed E-state index contributed by atoms with van der Waals surface area (Å²) in [6, 6.07) is 10.8. The van der Waals surface area contributed by atoms with Gasteiger partial charge in [-0.1, -0.05) is 30.3 Å². The minimum atomic E-state index is 0. The Bertz CT molecular complexity index is 733. The molecule has 0 bridgehead atoms. The highest BCUT2D eigenvalue weighted by Gasteiger charge is 2.24. The van der Waals surface area contributed by atoms with Gasteiger partial charge in [-0.15, -0.1) is 34.2 Å². The number of benzene rings is 1. The summed E-state index contributed by atoms with van der Waals surface area (Å²) in [4.78, 5) is 4.79. The van der Waals surface area contributed by atoms with Crippen molar-refractivity contribution in [3.05, 3.63) is 47.5 Å². The molecule has 0 saturated heterocycles. The van der Waals surface area contributed by atoms with Crippen LogP contribution < -0.4 is 10.6 Å². The first-order valence-corrected chi connectivity index (χ1v) is 10.4. The van der Waals surface area contributed by atoms with Crippen LogP contribution in [0, 0.1) is 6.92 Å². The number of aryl methyl sites for hydroxylation is 1. The Labute approximate surface area is 183 Å². The molecule has 3 rings (SSSR count). The summed E-state index contributed by atoms with van der Waals surface area (Å²) in [5.41, 5.74) is 1.21. The largest absolute Gasteiger partial charge is 0.354 e. The molecule has 0 aliphatic heterocycles. The standard InChI is InChI=1S/C19H28N6S.HI/c1-14-23-24-18(25(14)2)13-21-19(20-12-15-7-5-4-6-8-15)22-16-9-10-17(11-16)26-3;/h4-8,16-17H,9-13H2,1-3H3,(H2,20,21,22);1H. The minimum Gasteiger partial charge on any atom is -0.354 e. The molecule has 2 N–H and O–H groups in total. The molecule has 148 valence electrons. The molecule has 27 heavy (non-hydrogen) atoms. The highest BCUT2D eigenvalue weighted by Crippen LogP contribution is 2.28. The van der Waals surface area contributed by atoms with Crippen molar-refractivity contribution in [2.24, 2.45) is 12.0 Å². The SMILES string of the molecule is CSC1CCC(NC(=NCc2ccccc2)NCc2nnc(C)n2C)C1.I. The second kappa shape index (κ2) is 10.9. The minimum absolute atomic E-state index is 0. The van der Waals surface area contributed by atoms with Crippen LogP contribution in [0.4, 0.5) is 0 Å². The van der Waals surface area contributed by atoms with Crippen LogP contribution in [0.25, 0.3) is 0 Å². The van der Waals surface area contributed by atoms with E-state index in [0.717, 1.165) is 22.9 Å². The first kappa shape index (κ1) is 22.0. The average molecular weight is 500 g/mol. The third-order valence-corrected chi connectivity index (χ3v) is 6.01. The van der Waals surface area contributed by atoms with Crippen LogP contribution in [-0.2, 0) is 20.1 Å². The van der Waals surface area contributed by atoms with Crippen molar-refractivity contribution in [3.8, 4) is 0 Å². The number of rotatable bonds is 6. The number of aromatic nitrogens is 3. The van der Waals surface area contributed by atoms with Crippen LogP contribution in [0.15, 0.2) is 35.3 Å². The molecule has 1 saturated carbocycles. The first-order chi connectivity index (χ1) is 12.7. The van der Waals surface area contributed by atoms with Gasteiger partial charge in [-0.2, -0.15) is 11.8 Å². The van der Waals surface area contributed by atoms with Gasteiger partial charge in [0.25, 0.3) is 0 Å². The second-order valence-corrected chi connectivity index (χ2v) is 7.88. The zero-order valence-corrected chi connectivity index (χ0v) is 19.3. The van der Waals surface area contributed by atoms with Crippen LogP contribution in [0.1, 0.15) is 36.5 Å². The van der Waals surface area contributed by atoms with Gasteiger partial charge >= 0.3 is 0 Å². The molecule has 1 aromatic carbocycles. The van der Waals surface area contributed by atoms with E-state index in [9.17, 15) is 0 Å². The lowest BCUT2D eigenvalue weighted by atomic mass is 10.2. The van der Waals surface area contributed by atoms with Gasteiger partial charge in [0.2, 0.25) is 0 Å². The Hall–Kier alpha value is -1.29. The molecule has 1 aromatic heterocycles. The normalized spacial score (nSPS) is 19.6. The van der Waals surface area contributed by atoms with Crippen molar-refractivity contribution in [2.45, 2.75) is 50.6 Å². The Balaban J connectivity index is 0.00000261. The molecule has 1 aliphatic rings. The smallest absolute Gasteiger partial charge is 0.192 e. The molecule has 2 unspecified atom stereocenters. The molecular weight excluding hydrogens is 471 g/mol. The van der Waals surface area contributed by atoms with E-state index in [0.29, 0.717) is 19.1 Å². The lowest BCUT2D eigenvalue weighted by molar-refractivity contribution is 0.607. The highest BCUT2D eigenvalue weighted by molar-refractivity contribution is 14.0. The Morgan fingerprint density at radius 2 is 2.04 bits per heavy atom.